The molecule has 1 amide bonds. The van der Waals surface area contributed by atoms with Crippen molar-refractivity contribution in [1.82, 2.24) is 10.2 Å². The molecule has 2 atom stereocenters. The third-order valence-electron chi connectivity index (χ3n) is 6.09. The predicted octanol–water partition coefficient (Wildman–Crippen LogP) is 3.05. The van der Waals surface area contributed by atoms with E-state index in [1.165, 1.54) is 24.0 Å². The Morgan fingerprint density at radius 3 is 2.68 bits per heavy atom. The molecule has 1 N–H and O–H groups in total. The summed E-state index contributed by atoms with van der Waals surface area (Å²) in [5, 5.41) is 3.42. The average Bonchev–Trinajstić information content (AvgIpc) is 3.00. The van der Waals surface area contributed by atoms with Crippen molar-refractivity contribution in [2.45, 2.75) is 45.1 Å². The SMILES string of the molecule is Cc1ccc(C2CCCN2C(=O)C2CC23CCNCC3)cc1. The van der Waals surface area contributed by atoms with Gasteiger partial charge in [0.2, 0.25) is 5.91 Å². The predicted molar refractivity (Wildman–Crippen MR) is 87.5 cm³/mol. The van der Waals surface area contributed by atoms with Crippen molar-refractivity contribution < 1.29 is 4.79 Å². The van der Waals surface area contributed by atoms with Gasteiger partial charge in [0, 0.05) is 12.5 Å². The Bertz CT molecular complexity index is 559. The summed E-state index contributed by atoms with van der Waals surface area (Å²) in [6.07, 6.45) is 5.77. The molecule has 1 aromatic carbocycles. The van der Waals surface area contributed by atoms with Crippen LogP contribution in [0.5, 0.6) is 0 Å². The maximum atomic E-state index is 13.0. The Morgan fingerprint density at radius 1 is 1.23 bits per heavy atom. The van der Waals surface area contributed by atoms with Crippen LogP contribution in [0.15, 0.2) is 24.3 Å². The molecule has 2 saturated heterocycles. The third-order valence-corrected chi connectivity index (χ3v) is 6.09. The zero-order valence-electron chi connectivity index (χ0n) is 13.5. The molecule has 3 aliphatic rings. The number of carbonyl (C=O) groups excluding carboxylic acids is 1. The molecular weight excluding hydrogens is 272 g/mol. The summed E-state index contributed by atoms with van der Waals surface area (Å²) >= 11 is 0. The van der Waals surface area contributed by atoms with E-state index in [0.717, 1.165) is 38.9 Å². The van der Waals surface area contributed by atoms with Crippen LogP contribution in [0.2, 0.25) is 0 Å². The molecule has 2 heterocycles. The minimum atomic E-state index is 0.306. The molecule has 1 aromatic rings. The fourth-order valence-electron chi connectivity index (χ4n) is 4.54. The summed E-state index contributed by atoms with van der Waals surface area (Å²) < 4.78 is 0. The first-order valence-electron chi connectivity index (χ1n) is 8.77. The number of amides is 1. The lowest BCUT2D eigenvalue weighted by Gasteiger charge is -2.28. The number of benzene rings is 1. The van der Waals surface area contributed by atoms with Gasteiger partial charge in [-0.15, -0.1) is 0 Å². The average molecular weight is 298 g/mol. The molecular formula is C19H26N2O. The van der Waals surface area contributed by atoms with Crippen molar-refractivity contribution >= 4 is 5.91 Å². The highest BCUT2D eigenvalue weighted by Crippen LogP contribution is 2.59. The first-order valence-corrected chi connectivity index (χ1v) is 8.77. The van der Waals surface area contributed by atoms with Crippen LogP contribution in [0.25, 0.3) is 0 Å². The van der Waals surface area contributed by atoms with Crippen molar-refractivity contribution in [3.8, 4) is 0 Å². The second-order valence-electron chi connectivity index (χ2n) is 7.47. The smallest absolute Gasteiger partial charge is 0.226 e. The summed E-state index contributed by atoms with van der Waals surface area (Å²) in [7, 11) is 0. The van der Waals surface area contributed by atoms with Crippen molar-refractivity contribution in [2.24, 2.45) is 11.3 Å². The molecule has 2 unspecified atom stereocenters. The summed E-state index contributed by atoms with van der Waals surface area (Å²) in [6.45, 7) is 5.24. The molecule has 0 radical (unpaired) electrons. The number of carbonyl (C=O) groups is 1. The van der Waals surface area contributed by atoms with Crippen LogP contribution in [-0.4, -0.2) is 30.4 Å². The first-order chi connectivity index (χ1) is 10.7. The zero-order chi connectivity index (χ0) is 15.2. The molecule has 22 heavy (non-hydrogen) atoms. The van der Waals surface area contributed by atoms with Gasteiger partial charge in [0.25, 0.3) is 0 Å². The van der Waals surface area contributed by atoms with E-state index in [1.807, 2.05) is 0 Å². The van der Waals surface area contributed by atoms with Crippen LogP contribution < -0.4 is 5.32 Å². The van der Waals surface area contributed by atoms with E-state index in [-0.39, 0.29) is 0 Å². The van der Waals surface area contributed by atoms with Crippen molar-refractivity contribution in [3.63, 3.8) is 0 Å². The van der Waals surface area contributed by atoms with Crippen LogP contribution in [0, 0.1) is 18.3 Å². The molecule has 1 saturated carbocycles. The molecule has 1 aliphatic carbocycles. The van der Waals surface area contributed by atoms with Gasteiger partial charge in [0.15, 0.2) is 0 Å². The molecule has 4 rings (SSSR count). The van der Waals surface area contributed by atoms with Crippen LogP contribution in [-0.2, 0) is 4.79 Å². The number of nitrogens with zero attached hydrogens (tertiary/aromatic N) is 1. The van der Waals surface area contributed by atoms with Gasteiger partial charge in [-0.2, -0.15) is 0 Å². The third kappa shape index (κ3) is 2.36. The molecule has 0 bridgehead atoms. The summed E-state index contributed by atoms with van der Waals surface area (Å²) in [5.74, 6) is 0.741. The standard InChI is InChI=1S/C19H26N2O/c1-14-4-6-15(7-5-14)17-3-2-12-21(17)18(22)16-13-19(16)8-10-20-11-9-19/h4-7,16-17,20H,2-3,8-13H2,1H3. The maximum Gasteiger partial charge on any atom is 0.226 e. The number of nitrogens with one attached hydrogen (secondary N) is 1. The van der Waals surface area contributed by atoms with Gasteiger partial charge in [-0.3, -0.25) is 4.79 Å². The van der Waals surface area contributed by atoms with Gasteiger partial charge >= 0.3 is 0 Å². The van der Waals surface area contributed by atoms with E-state index in [1.54, 1.807) is 0 Å². The summed E-state index contributed by atoms with van der Waals surface area (Å²) in [5.41, 5.74) is 2.95. The second kappa shape index (κ2) is 5.38. The maximum absolute atomic E-state index is 13.0. The normalized spacial score (nSPS) is 29.8. The van der Waals surface area contributed by atoms with Gasteiger partial charge in [0.1, 0.15) is 0 Å². The van der Waals surface area contributed by atoms with Crippen molar-refractivity contribution in [2.75, 3.05) is 19.6 Å². The highest BCUT2D eigenvalue weighted by Gasteiger charge is 2.59. The number of likely N-dealkylation sites (tertiary alicyclic amines) is 1. The Hall–Kier alpha value is -1.35. The van der Waals surface area contributed by atoms with Crippen LogP contribution >= 0.6 is 0 Å². The highest BCUT2D eigenvalue weighted by atomic mass is 16.2. The van der Waals surface area contributed by atoms with Gasteiger partial charge in [0.05, 0.1) is 6.04 Å². The zero-order valence-corrected chi connectivity index (χ0v) is 13.5. The molecule has 1 spiro atoms. The van der Waals surface area contributed by atoms with Crippen molar-refractivity contribution in [3.05, 3.63) is 35.4 Å². The quantitative estimate of drug-likeness (QED) is 0.910. The van der Waals surface area contributed by atoms with Crippen molar-refractivity contribution in [1.29, 1.82) is 0 Å². The van der Waals surface area contributed by atoms with Gasteiger partial charge in [-0.25, -0.2) is 0 Å². The van der Waals surface area contributed by atoms with Gasteiger partial charge in [-0.05, 0) is 63.1 Å². The van der Waals surface area contributed by atoms with Crippen LogP contribution in [0.1, 0.15) is 49.3 Å². The Morgan fingerprint density at radius 2 is 1.95 bits per heavy atom. The van der Waals surface area contributed by atoms with Gasteiger partial charge < -0.3 is 10.2 Å². The number of piperidine rings is 1. The lowest BCUT2D eigenvalue weighted by Crippen LogP contribution is -2.36. The molecule has 3 nitrogen and oxygen atoms in total. The fourth-order valence-corrected chi connectivity index (χ4v) is 4.54. The summed E-state index contributed by atoms with van der Waals surface area (Å²) in [6, 6.07) is 9.06. The van der Waals surface area contributed by atoms with Crippen LogP contribution in [0.3, 0.4) is 0 Å². The molecule has 2 aliphatic heterocycles. The van der Waals surface area contributed by atoms with E-state index in [4.69, 9.17) is 0 Å². The Kier molecular flexibility index (Phi) is 3.48. The molecule has 3 heteroatoms. The topological polar surface area (TPSA) is 32.3 Å². The molecule has 118 valence electrons. The number of rotatable bonds is 2. The monoisotopic (exact) mass is 298 g/mol. The first kappa shape index (κ1) is 14.3. The lowest BCUT2D eigenvalue weighted by atomic mass is 9.91. The number of hydrogen-bond acceptors (Lipinski definition) is 2. The number of hydrogen-bond donors (Lipinski definition) is 1. The lowest BCUT2D eigenvalue weighted by molar-refractivity contribution is -0.134. The summed E-state index contributed by atoms with van der Waals surface area (Å²) in [4.78, 5) is 15.2. The minimum Gasteiger partial charge on any atom is -0.335 e. The largest absolute Gasteiger partial charge is 0.335 e. The van der Waals surface area contributed by atoms with Gasteiger partial charge in [-0.1, -0.05) is 29.8 Å². The molecule has 3 fully saturated rings. The van der Waals surface area contributed by atoms with E-state index in [2.05, 4.69) is 41.4 Å². The van der Waals surface area contributed by atoms with E-state index >= 15 is 0 Å². The van der Waals surface area contributed by atoms with E-state index in [9.17, 15) is 4.79 Å². The molecule has 0 aromatic heterocycles. The van der Waals surface area contributed by atoms with E-state index < -0.39 is 0 Å². The minimum absolute atomic E-state index is 0.306. The second-order valence-corrected chi connectivity index (χ2v) is 7.47. The number of aryl methyl sites for hydroxylation is 1. The van der Waals surface area contributed by atoms with Crippen LogP contribution in [0.4, 0.5) is 0 Å². The fraction of sp³-hybridized carbons (Fsp3) is 0.632. The van der Waals surface area contributed by atoms with E-state index in [0.29, 0.717) is 23.3 Å². The Labute approximate surface area is 133 Å². The highest BCUT2D eigenvalue weighted by molar-refractivity contribution is 5.83. The Balaban J connectivity index is 1.49.